The van der Waals surface area contributed by atoms with Gasteiger partial charge in [0.05, 0.1) is 22.4 Å². The van der Waals surface area contributed by atoms with Crippen molar-refractivity contribution in [2.45, 2.75) is 25.7 Å². The lowest BCUT2D eigenvalue weighted by Gasteiger charge is -2.36. The molecule has 136 valence electrons. The summed E-state index contributed by atoms with van der Waals surface area (Å²) in [6, 6.07) is 7.74. The fourth-order valence-corrected chi connectivity index (χ4v) is 3.10. The summed E-state index contributed by atoms with van der Waals surface area (Å²) in [6.07, 6.45) is 3.15. The first kappa shape index (κ1) is 18.0. The van der Waals surface area contributed by atoms with Gasteiger partial charge < -0.3 is 20.2 Å². The van der Waals surface area contributed by atoms with Crippen molar-refractivity contribution in [1.82, 2.24) is 0 Å². The molecule has 3 rings (SSSR count). The van der Waals surface area contributed by atoms with E-state index in [9.17, 15) is 19.5 Å². The number of hydrogen-bond acceptors (Lipinski definition) is 4. The number of carbonyl (C=O) groups is 3. The van der Waals surface area contributed by atoms with Crippen molar-refractivity contribution < 1.29 is 23.9 Å². The predicted octanol–water partition coefficient (Wildman–Crippen LogP) is 3.77. The molecule has 0 atom stereocenters. The minimum atomic E-state index is -0.954. The summed E-state index contributed by atoms with van der Waals surface area (Å²) in [5.41, 5.74) is -0.159. The first-order chi connectivity index (χ1) is 12.4. The lowest BCUT2D eigenvalue weighted by molar-refractivity contribution is -0.157. The third-order valence-electron chi connectivity index (χ3n) is 4.51. The number of halogens is 1. The van der Waals surface area contributed by atoms with Gasteiger partial charge in [-0.15, -0.1) is 0 Å². The maximum absolute atomic E-state index is 12.2. The van der Waals surface area contributed by atoms with Gasteiger partial charge in [0.2, 0.25) is 5.91 Å². The van der Waals surface area contributed by atoms with Crippen LogP contribution >= 0.6 is 11.6 Å². The highest BCUT2D eigenvalue weighted by atomic mass is 35.5. The number of benzene rings is 1. The molecule has 7 nitrogen and oxygen atoms in total. The number of furan rings is 1. The topological polar surface area (TPSA) is 109 Å². The highest BCUT2D eigenvalue weighted by Gasteiger charge is 2.45. The zero-order valence-corrected chi connectivity index (χ0v) is 14.5. The van der Waals surface area contributed by atoms with Crippen LogP contribution in [0.1, 0.15) is 36.2 Å². The third kappa shape index (κ3) is 3.72. The van der Waals surface area contributed by atoms with Crippen molar-refractivity contribution in [2.75, 3.05) is 10.6 Å². The average molecular weight is 377 g/mol. The van der Waals surface area contributed by atoms with Gasteiger partial charge >= 0.3 is 5.97 Å². The van der Waals surface area contributed by atoms with Crippen LogP contribution in [0.25, 0.3) is 0 Å². The number of amides is 2. The number of nitrogens with one attached hydrogen (secondary N) is 2. The largest absolute Gasteiger partial charge is 0.481 e. The van der Waals surface area contributed by atoms with Crippen LogP contribution < -0.4 is 10.6 Å². The van der Waals surface area contributed by atoms with Gasteiger partial charge in [0, 0.05) is 12.1 Å². The molecular formula is C18H17ClN2O5. The van der Waals surface area contributed by atoms with Crippen LogP contribution in [0.15, 0.2) is 41.0 Å². The molecule has 1 heterocycles. The lowest BCUT2D eigenvalue weighted by atomic mass is 9.66. The van der Waals surface area contributed by atoms with Gasteiger partial charge in [0.1, 0.15) is 0 Å². The van der Waals surface area contributed by atoms with E-state index in [0.717, 1.165) is 6.42 Å². The second-order valence-corrected chi connectivity index (χ2v) is 6.70. The quantitative estimate of drug-likeness (QED) is 0.711. The van der Waals surface area contributed by atoms with Crippen LogP contribution in [0.2, 0.25) is 5.02 Å². The zero-order chi connectivity index (χ0) is 18.7. The molecule has 0 spiro atoms. The Morgan fingerprint density at radius 1 is 1.19 bits per heavy atom. The molecule has 1 aliphatic rings. The Kier molecular flexibility index (Phi) is 4.99. The molecule has 1 aromatic heterocycles. The number of anilines is 2. The predicted molar refractivity (Wildman–Crippen MR) is 95.3 cm³/mol. The third-order valence-corrected chi connectivity index (χ3v) is 4.82. The standard InChI is InChI=1S/C18H17ClN2O5/c19-12-9-11(20-15(22)10-18(17(24)25)6-2-7-18)4-5-13(12)21-16(23)14-3-1-8-26-14/h1,3-5,8-9H,2,6-7,10H2,(H,20,22)(H,21,23)(H,24,25). The monoisotopic (exact) mass is 376 g/mol. The Bertz CT molecular complexity index is 843. The first-order valence-corrected chi connectivity index (χ1v) is 8.45. The van der Waals surface area contributed by atoms with Gasteiger partial charge in [-0.1, -0.05) is 18.0 Å². The summed E-state index contributed by atoms with van der Waals surface area (Å²) >= 11 is 6.15. The van der Waals surface area contributed by atoms with Crippen LogP contribution in [0.4, 0.5) is 11.4 Å². The van der Waals surface area contributed by atoms with Crippen LogP contribution in [0.3, 0.4) is 0 Å². The Morgan fingerprint density at radius 3 is 2.50 bits per heavy atom. The normalized spacial score (nSPS) is 15.0. The number of hydrogen-bond donors (Lipinski definition) is 3. The van der Waals surface area contributed by atoms with Crippen LogP contribution in [-0.2, 0) is 9.59 Å². The second-order valence-electron chi connectivity index (χ2n) is 6.29. The van der Waals surface area contributed by atoms with Crippen molar-refractivity contribution >= 4 is 40.8 Å². The van der Waals surface area contributed by atoms with E-state index < -0.39 is 17.3 Å². The van der Waals surface area contributed by atoms with Crippen LogP contribution in [0, 0.1) is 5.41 Å². The van der Waals surface area contributed by atoms with E-state index in [1.165, 1.54) is 18.4 Å². The van der Waals surface area contributed by atoms with Crippen molar-refractivity contribution in [3.05, 3.63) is 47.4 Å². The van der Waals surface area contributed by atoms with Gasteiger partial charge in [0.15, 0.2) is 5.76 Å². The number of carbonyl (C=O) groups excluding carboxylic acids is 2. The minimum absolute atomic E-state index is 0.0725. The molecule has 1 saturated carbocycles. The van der Waals surface area contributed by atoms with E-state index >= 15 is 0 Å². The summed E-state index contributed by atoms with van der Waals surface area (Å²) < 4.78 is 5.01. The highest BCUT2D eigenvalue weighted by molar-refractivity contribution is 6.34. The van der Waals surface area contributed by atoms with Gasteiger partial charge in [0.25, 0.3) is 5.91 Å². The Labute approximate surface area is 154 Å². The number of rotatable bonds is 6. The molecule has 0 unspecified atom stereocenters. The lowest BCUT2D eigenvalue weighted by Crippen LogP contribution is -2.41. The molecule has 3 N–H and O–H groups in total. The van der Waals surface area contributed by atoms with Gasteiger partial charge in [-0.2, -0.15) is 0 Å². The Balaban J connectivity index is 1.63. The van der Waals surface area contributed by atoms with E-state index in [-0.39, 0.29) is 23.1 Å². The first-order valence-electron chi connectivity index (χ1n) is 8.07. The average Bonchev–Trinajstić information content (AvgIpc) is 3.07. The maximum atomic E-state index is 12.2. The fourth-order valence-electron chi connectivity index (χ4n) is 2.87. The highest BCUT2D eigenvalue weighted by Crippen LogP contribution is 2.44. The molecule has 8 heteroatoms. The second kappa shape index (κ2) is 7.21. The van der Waals surface area contributed by atoms with Crippen LogP contribution in [0.5, 0.6) is 0 Å². The molecular weight excluding hydrogens is 360 g/mol. The van der Waals surface area contributed by atoms with Gasteiger partial charge in [-0.05, 0) is 43.2 Å². The summed E-state index contributed by atoms with van der Waals surface area (Å²) in [4.78, 5) is 35.5. The Morgan fingerprint density at radius 2 is 1.96 bits per heavy atom. The summed E-state index contributed by atoms with van der Waals surface area (Å²) in [7, 11) is 0. The molecule has 26 heavy (non-hydrogen) atoms. The summed E-state index contributed by atoms with van der Waals surface area (Å²) in [5.74, 6) is -1.61. The molecule has 0 aliphatic heterocycles. The van der Waals surface area contributed by atoms with Crippen molar-refractivity contribution in [2.24, 2.45) is 5.41 Å². The molecule has 1 aliphatic carbocycles. The number of carboxylic acid groups (broad SMARTS) is 1. The minimum Gasteiger partial charge on any atom is -0.481 e. The number of aliphatic carboxylic acids is 1. The smallest absolute Gasteiger partial charge is 0.310 e. The summed E-state index contributed by atoms with van der Waals surface area (Å²) in [5, 5.41) is 14.8. The Hall–Kier alpha value is -2.80. The van der Waals surface area contributed by atoms with Crippen molar-refractivity contribution in [1.29, 1.82) is 0 Å². The van der Waals surface area contributed by atoms with Gasteiger partial charge in [-0.3, -0.25) is 14.4 Å². The van der Waals surface area contributed by atoms with Crippen LogP contribution in [-0.4, -0.2) is 22.9 Å². The van der Waals surface area contributed by atoms with E-state index in [2.05, 4.69) is 10.6 Å². The van der Waals surface area contributed by atoms with E-state index in [0.29, 0.717) is 24.2 Å². The van der Waals surface area contributed by atoms with E-state index in [4.69, 9.17) is 16.0 Å². The molecule has 1 aromatic carbocycles. The summed E-state index contributed by atoms with van der Waals surface area (Å²) in [6.45, 7) is 0. The molecule has 2 amide bonds. The molecule has 0 saturated heterocycles. The SMILES string of the molecule is O=C(CC1(C(=O)O)CCC1)Nc1ccc(NC(=O)c2ccco2)c(Cl)c1. The molecule has 2 aromatic rings. The van der Waals surface area contributed by atoms with Crippen molar-refractivity contribution in [3.63, 3.8) is 0 Å². The van der Waals surface area contributed by atoms with E-state index in [1.54, 1.807) is 18.2 Å². The zero-order valence-electron chi connectivity index (χ0n) is 13.8. The molecule has 0 radical (unpaired) electrons. The fraction of sp³-hybridized carbons (Fsp3) is 0.278. The molecule has 0 bridgehead atoms. The van der Waals surface area contributed by atoms with E-state index in [1.807, 2.05) is 0 Å². The maximum Gasteiger partial charge on any atom is 0.310 e. The molecule has 1 fully saturated rings. The number of carboxylic acids is 1. The van der Waals surface area contributed by atoms with Crippen molar-refractivity contribution in [3.8, 4) is 0 Å². The van der Waals surface area contributed by atoms with Gasteiger partial charge in [-0.25, -0.2) is 0 Å².